The highest BCUT2D eigenvalue weighted by atomic mass is 16.5. The van der Waals surface area contributed by atoms with Crippen LogP contribution in [0.15, 0.2) is 6.20 Å². The molecule has 0 radical (unpaired) electrons. The van der Waals surface area contributed by atoms with Crippen molar-refractivity contribution in [2.45, 2.75) is 19.8 Å². The van der Waals surface area contributed by atoms with Gasteiger partial charge in [-0.15, -0.1) is 0 Å². The first-order valence-corrected chi connectivity index (χ1v) is 7.16. The number of carboxylic acids is 1. The Kier molecular flexibility index (Phi) is 4.79. The zero-order chi connectivity index (χ0) is 16.3. The van der Waals surface area contributed by atoms with E-state index in [1.807, 2.05) is 0 Å². The number of likely N-dealkylation sites (tertiary alicyclic amines) is 1. The van der Waals surface area contributed by atoms with E-state index in [-0.39, 0.29) is 29.7 Å². The van der Waals surface area contributed by atoms with Gasteiger partial charge in [-0.2, -0.15) is 5.10 Å². The first-order chi connectivity index (χ1) is 10.5. The molecule has 1 saturated heterocycles. The fourth-order valence-corrected chi connectivity index (χ4v) is 2.61. The summed E-state index contributed by atoms with van der Waals surface area (Å²) in [6, 6.07) is 0. The van der Waals surface area contributed by atoms with E-state index in [0.29, 0.717) is 26.0 Å². The minimum atomic E-state index is -1.20. The summed E-state index contributed by atoms with van der Waals surface area (Å²) in [5, 5.41) is 13.0. The summed E-state index contributed by atoms with van der Waals surface area (Å²) in [6.45, 7) is 2.76. The number of nitrogens with zero attached hydrogens (tertiary/aromatic N) is 3. The Bertz CT molecular complexity index is 595. The molecule has 0 aromatic carbocycles. The van der Waals surface area contributed by atoms with Crippen LogP contribution in [0.4, 0.5) is 0 Å². The summed E-state index contributed by atoms with van der Waals surface area (Å²) in [4.78, 5) is 37.1. The van der Waals surface area contributed by atoms with E-state index in [1.165, 1.54) is 16.6 Å². The van der Waals surface area contributed by atoms with E-state index in [2.05, 4.69) is 5.10 Å². The number of hydrogen-bond acceptors (Lipinski definition) is 5. The molecular formula is C14H19N3O5. The second kappa shape index (κ2) is 6.59. The monoisotopic (exact) mass is 309 g/mol. The number of ether oxygens (including phenoxy) is 1. The summed E-state index contributed by atoms with van der Waals surface area (Å²) in [6.07, 6.45) is 2.50. The molecule has 0 spiro atoms. The van der Waals surface area contributed by atoms with Gasteiger partial charge in [0.15, 0.2) is 0 Å². The number of aryl methyl sites for hydroxylation is 1. The van der Waals surface area contributed by atoms with Gasteiger partial charge in [-0.05, 0) is 19.8 Å². The molecule has 1 fully saturated rings. The van der Waals surface area contributed by atoms with Crippen LogP contribution in [-0.4, -0.2) is 57.3 Å². The maximum absolute atomic E-state index is 12.6. The highest BCUT2D eigenvalue weighted by Crippen LogP contribution is 2.21. The van der Waals surface area contributed by atoms with E-state index in [4.69, 9.17) is 9.84 Å². The third-order valence-electron chi connectivity index (χ3n) is 3.70. The zero-order valence-corrected chi connectivity index (χ0v) is 12.6. The van der Waals surface area contributed by atoms with Crippen LogP contribution in [0, 0.1) is 5.92 Å². The van der Waals surface area contributed by atoms with Gasteiger partial charge in [-0.25, -0.2) is 4.79 Å². The number of esters is 1. The Labute approximate surface area is 127 Å². The minimum Gasteiger partial charge on any atom is -0.478 e. The van der Waals surface area contributed by atoms with Crippen molar-refractivity contribution in [3.8, 4) is 0 Å². The molecule has 1 N–H and O–H groups in total. The predicted octanol–water partition coefficient (Wildman–Crippen LogP) is 0.534. The number of carbonyl (C=O) groups excluding carboxylic acids is 2. The second-order valence-corrected chi connectivity index (χ2v) is 5.18. The van der Waals surface area contributed by atoms with Crippen LogP contribution in [0.2, 0.25) is 0 Å². The summed E-state index contributed by atoms with van der Waals surface area (Å²) in [7, 11) is 1.52. The first-order valence-electron chi connectivity index (χ1n) is 7.16. The van der Waals surface area contributed by atoms with Gasteiger partial charge in [-0.3, -0.25) is 14.3 Å². The molecule has 22 heavy (non-hydrogen) atoms. The van der Waals surface area contributed by atoms with E-state index >= 15 is 0 Å². The lowest BCUT2D eigenvalue weighted by Crippen LogP contribution is -2.43. The van der Waals surface area contributed by atoms with Crippen LogP contribution in [0.3, 0.4) is 0 Å². The fourth-order valence-electron chi connectivity index (χ4n) is 2.61. The zero-order valence-electron chi connectivity index (χ0n) is 12.6. The highest BCUT2D eigenvalue weighted by Gasteiger charge is 2.32. The van der Waals surface area contributed by atoms with Crippen LogP contribution in [-0.2, 0) is 16.6 Å². The summed E-state index contributed by atoms with van der Waals surface area (Å²) < 4.78 is 6.25. The average molecular weight is 309 g/mol. The van der Waals surface area contributed by atoms with Gasteiger partial charge in [0.2, 0.25) is 0 Å². The number of rotatable bonds is 4. The number of carbonyl (C=O) groups is 3. The lowest BCUT2D eigenvalue weighted by atomic mass is 9.97. The maximum Gasteiger partial charge on any atom is 0.339 e. The van der Waals surface area contributed by atoms with E-state index < -0.39 is 11.9 Å². The Balaban J connectivity index is 2.17. The van der Waals surface area contributed by atoms with Crippen molar-refractivity contribution in [1.82, 2.24) is 14.7 Å². The Morgan fingerprint density at radius 1 is 1.45 bits per heavy atom. The molecule has 2 rings (SSSR count). The van der Waals surface area contributed by atoms with Crippen LogP contribution < -0.4 is 0 Å². The van der Waals surface area contributed by atoms with Gasteiger partial charge >= 0.3 is 11.9 Å². The van der Waals surface area contributed by atoms with Crippen molar-refractivity contribution < 1.29 is 24.2 Å². The van der Waals surface area contributed by atoms with Crippen molar-refractivity contribution in [2.75, 3.05) is 19.7 Å². The fraction of sp³-hybridized carbons (Fsp3) is 0.571. The van der Waals surface area contributed by atoms with E-state index in [9.17, 15) is 14.4 Å². The van der Waals surface area contributed by atoms with Crippen LogP contribution in [0.1, 0.15) is 40.6 Å². The summed E-state index contributed by atoms with van der Waals surface area (Å²) in [5.41, 5.74) is -0.109. The Morgan fingerprint density at radius 3 is 2.82 bits per heavy atom. The predicted molar refractivity (Wildman–Crippen MR) is 75.4 cm³/mol. The SMILES string of the molecule is CCOC(=O)[C@H]1CCCN(C(=O)c2c(C(=O)O)cnn2C)C1. The van der Waals surface area contributed by atoms with Crippen LogP contribution in [0.5, 0.6) is 0 Å². The number of hydrogen-bond donors (Lipinski definition) is 1. The van der Waals surface area contributed by atoms with Gasteiger partial charge < -0.3 is 14.7 Å². The molecule has 1 aromatic rings. The third kappa shape index (κ3) is 3.10. The van der Waals surface area contributed by atoms with Gasteiger partial charge in [-0.1, -0.05) is 0 Å². The summed E-state index contributed by atoms with van der Waals surface area (Å²) in [5.74, 6) is -2.30. The molecule has 1 atom stereocenters. The molecule has 0 aliphatic carbocycles. The first kappa shape index (κ1) is 16.0. The van der Waals surface area contributed by atoms with Crippen molar-refractivity contribution in [3.63, 3.8) is 0 Å². The lowest BCUT2D eigenvalue weighted by molar-refractivity contribution is -0.149. The largest absolute Gasteiger partial charge is 0.478 e. The van der Waals surface area contributed by atoms with Gasteiger partial charge in [0.25, 0.3) is 5.91 Å². The summed E-state index contributed by atoms with van der Waals surface area (Å²) >= 11 is 0. The number of piperidine rings is 1. The molecule has 1 amide bonds. The molecule has 1 aliphatic rings. The molecule has 0 saturated carbocycles. The lowest BCUT2D eigenvalue weighted by Gasteiger charge is -2.31. The van der Waals surface area contributed by atoms with Crippen molar-refractivity contribution in [1.29, 1.82) is 0 Å². The molecular weight excluding hydrogens is 290 g/mol. The number of aromatic nitrogens is 2. The van der Waals surface area contributed by atoms with Crippen molar-refractivity contribution in [3.05, 3.63) is 17.5 Å². The molecule has 0 unspecified atom stereocenters. The normalized spacial score (nSPS) is 18.1. The second-order valence-electron chi connectivity index (χ2n) is 5.18. The van der Waals surface area contributed by atoms with E-state index in [1.54, 1.807) is 6.92 Å². The quantitative estimate of drug-likeness (QED) is 0.814. The topological polar surface area (TPSA) is 102 Å². The standard InChI is InChI=1S/C14H19N3O5/c1-3-22-14(21)9-5-4-6-17(8-9)12(18)11-10(13(19)20)7-15-16(11)2/h7,9H,3-6,8H2,1-2H3,(H,19,20)/t9-/m0/s1. The molecule has 0 bridgehead atoms. The molecule has 2 heterocycles. The minimum absolute atomic E-state index is 0.0250. The van der Waals surface area contributed by atoms with Crippen LogP contribution >= 0.6 is 0 Å². The number of aromatic carboxylic acids is 1. The Hall–Kier alpha value is -2.38. The van der Waals surface area contributed by atoms with Gasteiger partial charge in [0.1, 0.15) is 11.3 Å². The molecule has 1 aromatic heterocycles. The van der Waals surface area contributed by atoms with Gasteiger partial charge in [0, 0.05) is 20.1 Å². The molecule has 8 heteroatoms. The smallest absolute Gasteiger partial charge is 0.339 e. The highest BCUT2D eigenvalue weighted by molar-refractivity contribution is 6.03. The number of amides is 1. The third-order valence-corrected chi connectivity index (χ3v) is 3.70. The molecule has 120 valence electrons. The average Bonchev–Trinajstić information content (AvgIpc) is 2.89. The van der Waals surface area contributed by atoms with Crippen LogP contribution in [0.25, 0.3) is 0 Å². The van der Waals surface area contributed by atoms with Crippen molar-refractivity contribution in [2.24, 2.45) is 13.0 Å². The van der Waals surface area contributed by atoms with E-state index in [0.717, 1.165) is 6.20 Å². The van der Waals surface area contributed by atoms with Gasteiger partial charge in [0.05, 0.1) is 18.7 Å². The maximum atomic E-state index is 12.6. The number of carboxylic acid groups (broad SMARTS) is 1. The van der Waals surface area contributed by atoms with Crippen molar-refractivity contribution >= 4 is 17.8 Å². The molecule has 1 aliphatic heterocycles. The molecule has 8 nitrogen and oxygen atoms in total. The Morgan fingerprint density at radius 2 is 2.18 bits per heavy atom.